The third-order valence-corrected chi connectivity index (χ3v) is 0.846. The smallest absolute Gasteiger partial charge is 0.115 e. The minimum absolute atomic E-state index is 0.228. The molecule has 58 valence electrons. The summed E-state index contributed by atoms with van der Waals surface area (Å²) >= 11 is 0. The zero-order valence-electron chi connectivity index (χ0n) is 6.39. The van der Waals surface area contributed by atoms with Crippen molar-refractivity contribution in [3.63, 3.8) is 0 Å². The van der Waals surface area contributed by atoms with Gasteiger partial charge in [0.15, 0.2) is 0 Å². The highest BCUT2D eigenvalue weighted by Crippen LogP contribution is 1.84. The Morgan fingerprint density at radius 3 is 2.70 bits per heavy atom. The van der Waals surface area contributed by atoms with Crippen LogP contribution in [0.4, 0.5) is 0 Å². The molecular weight excluding hydrogens is 128 g/mol. The van der Waals surface area contributed by atoms with Gasteiger partial charge in [0.05, 0.1) is 12.9 Å². The van der Waals surface area contributed by atoms with Gasteiger partial charge in [0.2, 0.25) is 0 Å². The zero-order chi connectivity index (χ0) is 7.98. The molecule has 0 aromatic carbocycles. The average Bonchev–Trinajstić information content (AvgIpc) is 1.86. The second-order valence-electron chi connectivity index (χ2n) is 2.16. The van der Waals surface area contributed by atoms with E-state index in [-0.39, 0.29) is 6.04 Å². The third kappa shape index (κ3) is 4.03. The molecule has 0 atom stereocenters. The summed E-state index contributed by atoms with van der Waals surface area (Å²) in [4.78, 5) is 4.11. The van der Waals surface area contributed by atoms with Gasteiger partial charge in [-0.3, -0.25) is 10.4 Å². The highest BCUT2D eigenvalue weighted by atomic mass is 15.0. The van der Waals surface area contributed by atoms with Crippen LogP contribution in [0.25, 0.3) is 0 Å². The second kappa shape index (κ2) is 4.93. The number of nitrogens with two attached hydrogens (primary N) is 1. The van der Waals surface area contributed by atoms with Gasteiger partial charge in [-0.1, -0.05) is 0 Å². The Hall–Kier alpha value is -0.900. The molecule has 4 nitrogen and oxygen atoms in total. The molecule has 0 fully saturated rings. The lowest BCUT2D eigenvalue weighted by Crippen LogP contribution is -2.30. The summed E-state index contributed by atoms with van der Waals surface area (Å²) in [7, 11) is 0. The molecule has 0 aliphatic rings. The lowest BCUT2D eigenvalue weighted by molar-refractivity contribution is 0.826. The van der Waals surface area contributed by atoms with E-state index in [9.17, 15) is 0 Å². The molecule has 0 radical (unpaired) electrons. The van der Waals surface area contributed by atoms with Gasteiger partial charge >= 0.3 is 0 Å². The van der Waals surface area contributed by atoms with Gasteiger partial charge in [0.25, 0.3) is 0 Å². The monoisotopic (exact) mass is 142 g/mol. The molecular formula is C6H14N4. The van der Waals surface area contributed by atoms with E-state index in [1.165, 1.54) is 0 Å². The van der Waals surface area contributed by atoms with Crippen LogP contribution < -0.4 is 11.1 Å². The summed E-state index contributed by atoms with van der Waals surface area (Å²) in [5, 5.41) is 9.34. The van der Waals surface area contributed by atoms with E-state index >= 15 is 0 Å². The minimum atomic E-state index is 0.228. The Labute approximate surface area is 61.0 Å². The molecule has 0 spiro atoms. The Morgan fingerprint density at radius 2 is 2.40 bits per heavy atom. The van der Waals surface area contributed by atoms with Crippen LogP contribution in [0.3, 0.4) is 0 Å². The van der Waals surface area contributed by atoms with Crippen LogP contribution in [-0.4, -0.2) is 24.8 Å². The largest absolute Gasteiger partial charge is 0.334 e. The number of amidine groups is 1. The van der Waals surface area contributed by atoms with Gasteiger partial charge in [-0.05, 0) is 13.8 Å². The van der Waals surface area contributed by atoms with E-state index in [0.29, 0.717) is 12.4 Å². The lowest BCUT2D eigenvalue weighted by atomic mass is 10.4. The first kappa shape index (κ1) is 9.10. The molecule has 10 heavy (non-hydrogen) atoms. The maximum atomic E-state index is 6.71. The lowest BCUT2D eigenvalue weighted by Gasteiger charge is -2.03. The molecule has 0 amide bonds. The van der Waals surface area contributed by atoms with E-state index in [0.717, 1.165) is 6.34 Å². The van der Waals surface area contributed by atoms with Crippen LogP contribution in [0, 0.1) is 5.41 Å². The first-order valence-corrected chi connectivity index (χ1v) is 3.23. The molecule has 0 rings (SSSR count). The van der Waals surface area contributed by atoms with Crippen LogP contribution in [0.5, 0.6) is 0 Å². The molecule has 0 heterocycles. The van der Waals surface area contributed by atoms with Crippen LogP contribution in [-0.2, 0) is 0 Å². The van der Waals surface area contributed by atoms with Crippen LogP contribution >= 0.6 is 0 Å². The SMILES string of the molecule is CC(C)N=C(CN)NC=N. The van der Waals surface area contributed by atoms with Gasteiger partial charge in [-0.15, -0.1) is 0 Å². The predicted octanol–water partition coefficient (Wildman–Crippen LogP) is -0.0513. The molecule has 0 bridgehead atoms. The van der Waals surface area contributed by atoms with E-state index in [2.05, 4.69) is 10.3 Å². The molecule has 0 aromatic heterocycles. The zero-order valence-corrected chi connectivity index (χ0v) is 6.39. The van der Waals surface area contributed by atoms with Crippen molar-refractivity contribution in [3.05, 3.63) is 0 Å². The van der Waals surface area contributed by atoms with Crippen LogP contribution in [0.15, 0.2) is 4.99 Å². The van der Waals surface area contributed by atoms with Crippen molar-refractivity contribution in [2.45, 2.75) is 19.9 Å². The van der Waals surface area contributed by atoms with Crippen molar-refractivity contribution < 1.29 is 0 Å². The van der Waals surface area contributed by atoms with Crippen molar-refractivity contribution >= 4 is 12.2 Å². The van der Waals surface area contributed by atoms with E-state index in [1.54, 1.807) is 0 Å². The number of nitrogens with one attached hydrogen (secondary N) is 2. The summed E-state index contributed by atoms with van der Waals surface area (Å²) in [6.45, 7) is 4.27. The Bertz CT molecular complexity index is 128. The standard InChI is InChI=1S/C6H14N4/c1-5(2)10-6(3-7)9-4-8/h4-5H,3,7H2,1-2H3,(H2,8,9,10). The van der Waals surface area contributed by atoms with Crippen molar-refractivity contribution in [1.82, 2.24) is 5.32 Å². The fourth-order valence-electron chi connectivity index (χ4n) is 0.544. The summed E-state index contributed by atoms with van der Waals surface area (Å²) in [6.07, 6.45) is 1.08. The Balaban J connectivity index is 3.90. The van der Waals surface area contributed by atoms with Crippen LogP contribution in [0.2, 0.25) is 0 Å². The minimum Gasteiger partial charge on any atom is -0.334 e. The van der Waals surface area contributed by atoms with Gasteiger partial charge in [0, 0.05) is 6.04 Å². The summed E-state index contributed by atoms with van der Waals surface area (Å²) in [5.41, 5.74) is 5.31. The van der Waals surface area contributed by atoms with Crippen molar-refractivity contribution in [1.29, 1.82) is 5.41 Å². The summed E-state index contributed by atoms with van der Waals surface area (Å²) < 4.78 is 0. The van der Waals surface area contributed by atoms with E-state index < -0.39 is 0 Å². The highest BCUT2D eigenvalue weighted by molar-refractivity contribution is 5.92. The number of aliphatic imine (C=N–C) groups is 1. The molecule has 0 aromatic rings. The third-order valence-electron chi connectivity index (χ3n) is 0.846. The van der Waals surface area contributed by atoms with Gasteiger partial charge in [-0.25, -0.2) is 0 Å². The highest BCUT2D eigenvalue weighted by Gasteiger charge is 1.93. The molecule has 0 aliphatic heterocycles. The molecule has 0 unspecified atom stereocenters. The molecule has 0 aliphatic carbocycles. The van der Waals surface area contributed by atoms with Crippen LogP contribution in [0.1, 0.15) is 13.8 Å². The first-order valence-electron chi connectivity index (χ1n) is 3.23. The Morgan fingerprint density at radius 1 is 1.80 bits per heavy atom. The Kier molecular flexibility index (Phi) is 4.49. The second-order valence-corrected chi connectivity index (χ2v) is 2.16. The van der Waals surface area contributed by atoms with Crippen molar-refractivity contribution in [2.75, 3.05) is 6.54 Å². The normalized spacial score (nSPS) is 11.8. The van der Waals surface area contributed by atoms with Gasteiger partial charge < -0.3 is 11.1 Å². The first-order chi connectivity index (χ1) is 4.70. The number of hydrogen-bond acceptors (Lipinski definition) is 3. The molecule has 4 heteroatoms. The van der Waals surface area contributed by atoms with E-state index in [4.69, 9.17) is 11.1 Å². The molecule has 4 N–H and O–H groups in total. The predicted molar refractivity (Wildman–Crippen MR) is 43.5 cm³/mol. The number of rotatable bonds is 3. The summed E-state index contributed by atoms with van der Waals surface area (Å²) in [6, 6.07) is 0.228. The topological polar surface area (TPSA) is 74.3 Å². The maximum absolute atomic E-state index is 6.71. The number of nitrogens with zero attached hydrogens (tertiary/aromatic N) is 1. The summed E-state index contributed by atoms with van der Waals surface area (Å²) in [5.74, 6) is 0.657. The van der Waals surface area contributed by atoms with E-state index in [1.807, 2.05) is 13.8 Å². The van der Waals surface area contributed by atoms with Gasteiger partial charge in [0.1, 0.15) is 5.84 Å². The van der Waals surface area contributed by atoms with Crippen molar-refractivity contribution in [3.8, 4) is 0 Å². The fourth-order valence-corrected chi connectivity index (χ4v) is 0.544. The maximum Gasteiger partial charge on any atom is 0.115 e. The fraction of sp³-hybridized carbons (Fsp3) is 0.667. The average molecular weight is 142 g/mol. The molecule has 0 saturated heterocycles. The van der Waals surface area contributed by atoms with Crippen molar-refractivity contribution in [2.24, 2.45) is 10.7 Å². The number of hydrogen-bond donors (Lipinski definition) is 3. The molecule has 0 saturated carbocycles. The quantitative estimate of drug-likeness (QED) is 0.382. The van der Waals surface area contributed by atoms with Gasteiger partial charge in [-0.2, -0.15) is 0 Å².